The topological polar surface area (TPSA) is 108 Å². The SMILES string of the molecule is Cc1ccc2c(c1)c1ncn(Cc3nc(C)no3)c(=O)c1n2CC(=O)Nc1cccc(Cl)c1. The predicted molar refractivity (Wildman–Crippen MR) is 124 cm³/mol. The highest BCUT2D eigenvalue weighted by atomic mass is 35.5. The fourth-order valence-electron chi connectivity index (χ4n) is 3.85. The Bertz CT molecular complexity index is 1580. The molecular formula is C23H19ClN6O3. The van der Waals surface area contributed by atoms with E-state index in [-0.39, 0.29) is 24.6 Å². The molecule has 1 amide bonds. The summed E-state index contributed by atoms with van der Waals surface area (Å²) < 4.78 is 8.24. The Morgan fingerprint density at radius 3 is 2.79 bits per heavy atom. The Labute approximate surface area is 192 Å². The predicted octanol–water partition coefficient (Wildman–Crippen LogP) is 3.69. The van der Waals surface area contributed by atoms with Gasteiger partial charge in [0.25, 0.3) is 5.56 Å². The number of aryl methyl sites for hydroxylation is 2. The molecule has 33 heavy (non-hydrogen) atoms. The molecule has 0 radical (unpaired) electrons. The summed E-state index contributed by atoms with van der Waals surface area (Å²) in [7, 11) is 0. The standard InChI is InChI=1S/C23H19ClN6O3/c1-13-6-7-18-17(8-13)21-22(23(32)29(12-25-21)11-20-26-14(2)28-33-20)30(18)10-19(31)27-16-5-3-4-15(24)9-16/h3-9,12H,10-11H2,1-2H3,(H,27,31). The van der Waals surface area contributed by atoms with E-state index in [9.17, 15) is 9.59 Å². The summed E-state index contributed by atoms with van der Waals surface area (Å²) in [6, 6.07) is 12.7. The van der Waals surface area contributed by atoms with Gasteiger partial charge in [-0.2, -0.15) is 4.98 Å². The van der Waals surface area contributed by atoms with E-state index in [1.54, 1.807) is 35.8 Å². The number of hydrogen-bond donors (Lipinski definition) is 1. The Hall–Kier alpha value is -3.98. The first-order chi connectivity index (χ1) is 15.9. The van der Waals surface area contributed by atoms with Crippen molar-refractivity contribution in [2.75, 3.05) is 5.32 Å². The van der Waals surface area contributed by atoms with E-state index in [0.29, 0.717) is 33.5 Å². The number of aromatic nitrogens is 5. The summed E-state index contributed by atoms with van der Waals surface area (Å²) in [4.78, 5) is 35.1. The molecule has 9 nitrogen and oxygen atoms in total. The van der Waals surface area contributed by atoms with E-state index < -0.39 is 0 Å². The first-order valence-electron chi connectivity index (χ1n) is 10.2. The largest absolute Gasteiger partial charge is 0.337 e. The third-order valence-electron chi connectivity index (χ3n) is 5.27. The molecule has 0 bridgehead atoms. The van der Waals surface area contributed by atoms with Crippen molar-refractivity contribution in [3.05, 3.63) is 81.4 Å². The van der Waals surface area contributed by atoms with Crippen LogP contribution in [0.15, 0.2) is 58.1 Å². The first-order valence-corrected chi connectivity index (χ1v) is 10.6. The lowest BCUT2D eigenvalue weighted by Gasteiger charge is -2.09. The zero-order valence-corrected chi connectivity index (χ0v) is 18.6. The zero-order valence-electron chi connectivity index (χ0n) is 17.9. The molecule has 5 rings (SSSR count). The average molecular weight is 463 g/mol. The minimum atomic E-state index is -0.305. The fourth-order valence-corrected chi connectivity index (χ4v) is 4.04. The van der Waals surface area contributed by atoms with E-state index >= 15 is 0 Å². The van der Waals surface area contributed by atoms with Crippen LogP contribution in [0.2, 0.25) is 5.02 Å². The van der Waals surface area contributed by atoms with Gasteiger partial charge in [0.05, 0.1) is 11.8 Å². The number of carbonyl (C=O) groups excluding carboxylic acids is 1. The molecule has 10 heteroatoms. The lowest BCUT2D eigenvalue weighted by molar-refractivity contribution is -0.116. The first kappa shape index (κ1) is 20.9. The molecule has 3 heterocycles. The van der Waals surface area contributed by atoms with Crippen LogP contribution in [0, 0.1) is 13.8 Å². The summed E-state index contributed by atoms with van der Waals surface area (Å²) in [6.07, 6.45) is 1.46. The van der Waals surface area contributed by atoms with Gasteiger partial charge >= 0.3 is 0 Å². The van der Waals surface area contributed by atoms with Gasteiger partial charge in [-0.05, 0) is 44.2 Å². The van der Waals surface area contributed by atoms with Gasteiger partial charge in [-0.1, -0.05) is 34.5 Å². The summed E-state index contributed by atoms with van der Waals surface area (Å²) in [6.45, 7) is 3.68. The van der Waals surface area contributed by atoms with Crippen LogP contribution in [0.1, 0.15) is 17.3 Å². The highest BCUT2D eigenvalue weighted by Crippen LogP contribution is 2.27. The maximum absolute atomic E-state index is 13.5. The van der Waals surface area contributed by atoms with Crippen molar-refractivity contribution in [3.8, 4) is 0 Å². The van der Waals surface area contributed by atoms with Crippen molar-refractivity contribution < 1.29 is 9.32 Å². The molecule has 0 saturated carbocycles. The van der Waals surface area contributed by atoms with Crippen LogP contribution in [0.4, 0.5) is 5.69 Å². The van der Waals surface area contributed by atoms with Gasteiger partial charge in [-0.15, -0.1) is 0 Å². The quantitative estimate of drug-likeness (QED) is 0.426. The maximum atomic E-state index is 13.5. The van der Waals surface area contributed by atoms with Gasteiger partial charge in [-0.3, -0.25) is 14.2 Å². The molecule has 0 saturated heterocycles. The minimum Gasteiger partial charge on any atom is -0.337 e. The van der Waals surface area contributed by atoms with Crippen LogP contribution in [-0.4, -0.2) is 30.2 Å². The number of nitrogens with one attached hydrogen (secondary N) is 1. The fraction of sp³-hybridized carbons (Fsp3) is 0.174. The second kappa shape index (κ2) is 8.18. The Morgan fingerprint density at radius 2 is 2.03 bits per heavy atom. The van der Waals surface area contributed by atoms with Crippen molar-refractivity contribution in [2.24, 2.45) is 0 Å². The normalized spacial score (nSPS) is 11.4. The Morgan fingerprint density at radius 1 is 1.18 bits per heavy atom. The number of hydrogen-bond acceptors (Lipinski definition) is 6. The van der Waals surface area contributed by atoms with Crippen LogP contribution in [-0.2, 0) is 17.9 Å². The van der Waals surface area contributed by atoms with Gasteiger partial charge < -0.3 is 14.4 Å². The summed E-state index contributed by atoms with van der Waals surface area (Å²) in [5.41, 5.74) is 2.90. The van der Waals surface area contributed by atoms with E-state index in [2.05, 4.69) is 20.4 Å². The average Bonchev–Trinajstić information content (AvgIpc) is 3.31. The van der Waals surface area contributed by atoms with Gasteiger partial charge in [-0.25, -0.2) is 4.98 Å². The number of rotatable bonds is 5. The lowest BCUT2D eigenvalue weighted by atomic mass is 10.1. The van der Waals surface area contributed by atoms with Crippen LogP contribution >= 0.6 is 11.6 Å². The van der Waals surface area contributed by atoms with Gasteiger partial charge in [0.1, 0.15) is 24.1 Å². The van der Waals surface area contributed by atoms with Crippen molar-refractivity contribution in [2.45, 2.75) is 26.9 Å². The van der Waals surface area contributed by atoms with Crippen molar-refractivity contribution >= 4 is 45.1 Å². The molecule has 0 aliphatic heterocycles. The molecule has 3 aromatic heterocycles. The second-order valence-electron chi connectivity index (χ2n) is 7.78. The lowest BCUT2D eigenvalue weighted by Crippen LogP contribution is -2.25. The van der Waals surface area contributed by atoms with E-state index in [4.69, 9.17) is 16.1 Å². The Balaban J connectivity index is 1.61. The highest BCUT2D eigenvalue weighted by molar-refractivity contribution is 6.30. The second-order valence-corrected chi connectivity index (χ2v) is 8.21. The summed E-state index contributed by atoms with van der Waals surface area (Å²) in [5.74, 6) is 0.487. The molecule has 2 aromatic carbocycles. The number of benzene rings is 2. The van der Waals surface area contributed by atoms with Gasteiger partial charge in [0.2, 0.25) is 11.8 Å². The molecule has 0 fully saturated rings. The monoisotopic (exact) mass is 462 g/mol. The summed E-state index contributed by atoms with van der Waals surface area (Å²) >= 11 is 6.02. The number of carbonyl (C=O) groups is 1. The number of amides is 1. The molecule has 0 aliphatic rings. The van der Waals surface area contributed by atoms with Crippen LogP contribution in [0.3, 0.4) is 0 Å². The minimum absolute atomic E-state index is 0.0732. The molecule has 0 spiro atoms. The molecular weight excluding hydrogens is 444 g/mol. The molecule has 0 aliphatic carbocycles. The number of fused-ring (bicyclic) bond motifs is 3. The van der Waals surface area contributed by atoms with E-state index in [1.807, 2.05) is 25.1 Å². The van der Waals surface area contributed by atoms with Gasteiger partial charge in [0.15, 0.2) is 5.82 Å². The number of anilines is 1. The maximum Gasteiger partial charge on any atom is 0.278 e. The van der Waals surface area contributed by atoms with Crippen molar-refractivity contribution in [1.29, 1.82) is 0 Å². The third-order valence-corrected chi connectivity index (χ3v) is 5.50. The van der Waals surface area contributed by atoms with Gasteiger partial charge in [0, 0.05) is 16.1 Å². The highest BCUT2D eigenvalue weighted by Gasteiger charge is 2.19. The zero-order chi connectivity index (χ0) is 23.1. The number of halogens is 1. The molecule has 0 unspecified atom stereocenters. The van der Waals surface area contributed by atoms with Crippen molar-refractivity contribution in [1.82, 2.24) is 24.3 Å². The molecule has 5 aromatic rings. The van der Waals surface area contributed by atoms with Crippen LogP contribution in [0.25, 0.3) is 21.9 Å². The number of nitrogens with zero attached hydrogens (tertiary/aromatic N) is 5. The molecule has 1 N–H and O–H groups in total. The molecule has 0 atom stereocenters. The Kier molecular flexibility index (Phi) is 5.18. The van der Waals surface area contributed by atoms with Crippen LogP contribution < -0.4 is 10.9 Å². The van der Waals surface area contributed by atoms with E-state index in [1.165, 1.54) is 10.9 Å². The van der Waals surface area contributed by atoms with Crippen LogP contribution in [0.5, 0.6) is 0 Å². The van der Waals surface area contributed by atoms with Crippen molar-refractivity contribution in [3.63, 3.8) is 0 Å². The van der Waals surface area contributed by atoms with E-state index in [0.717, 1.165) is 16.5 Å². The molecule has 166 valence electrons. The smallest absolute Gasteiger partial charge is 0.278 e. The summed E-state index contributed by atoms with van der Waals surface area (Å²) in [5, 5.41) is 7.92. The third kappa shape index (κ3) is 3.98.